The predicted molar refractivity (Wildman–Crippen MR) is 64.4 cm³/mol. The number of aryl methyl sites for hydroxylation is 1. The molecule has 0 radical (unpaired) electrons. The summed E-state index contributed by atoms with van der Waals surface area (Å²) in [5.74, 6) is 1.69. The fraction of sp³-hybridized carbons (Fsp3) is 0.462. The van der Waals surface area contributed by atoms with Gasteiger partial charge >= 0.3 is 0 Å². The smallest absolute Gasteiger partial charge is 0.0996 e. The first-order chi connectivity index (χ1) is 7.27. The lowest BCUT2D eigenvalue weighted by Gasteiger charge is -2.13. The van der Waals surface area contributed by atoms with Crippen LogP contribution in [0.15, 0.2) is 29.3 Å². The molecule has 0 unspecified atom stereocenters. The van der Waals surface area contributed by atoms with E-state index < -0.39 is 0 Å². The molecule has 1 aliphatic rings. The van der Waals surface area contributed by atoms with Crippen molar-refractivity contribution in [1.82, 2.24) is 5.32 Å². The minimum absolute atomic E-state index is 0.508. The second kappa shape index (κ2) is 4.47. The van der Waals surface area contributed by atoms with E-state index in [1.807, 2.05) is 0 Å². The van der Waals surface area contributed by atoms with Crippen LogP contribution in [-0.4, -0.2) is 18.9 Å². The van der Waals surface area contributed by atoms with Crippen LogP contribution in [0.5, 0.6) is 0 Å². The molecule has 0 bridgehead atoms. The van der Waals surface area contributed by atoms with Gasteiger partial charge in [-0.25, -0.2) is 0 Å². The van der Waals surface area contributed by atoms with Crippen molar-refractivity contribution < 1.29 is 0 Å². The lowest BCUT2D eigenvalue weighted by molar-refractivity contribution is 0.739. The molecule has 1 N–H and O–H groups in total. The zero-order chi connectivity index (χ0) is 10.7. The van der Waals surface area contributed by atoms with E-state index in [4.69, 9.17) is 0 Å². The first-order valence-electron chi connectivity index (χ1n) is 5.60. The summed E-state index contributed by atoms with van der Waals surface area (Å²) in [4.78, 5) is 4.47. The third-order valence-electron chi connectivity index (χ3n) is 2.95. The van der Waals surface area contributed by atoms with Crippen LogP contribution in [0.2, 0.25) is 0 Å². The molecule has 0 amide bonds. The fourth-order valence-electron chi connectivity index (χ4n) is 2.01. The largest absolute Gasteiger partial charge is 0.372 e. The molecule has 2 heteroatoms. The van der Waals surface area contributed by atoms with Crippen molar-refractivity contribution in [3.05, 3.63) is 35.4 Å². The molecular weight excluding hydrogens is 184 g/mol. The van der Waals surface area contributed by atoms with Crippen LogP contribution in [0.25, 0.3) is 0 Å². The summed E-state index contributed by atoms with van der Waals surface area (Å²) < 4.78 is 0. The molecule has 1 aliphatic heterocycles. The first-order valence-corrected chi connectivity index (χ1v) is 5.60. The molecule has 0 saturated carbocycles. The van der Waals surface area contributed by atoms with Crippen LogP contribution in [0.1, 0.15) is 18.1 Å². The minimum Gasteiger partial charge on any atom is -0.372 e. The normalized spacial score (nSPS) is 17.1. The highest BCUT2D eigenvalue weighted by atomic mass is 15.1. The fourth-order valence-corrected chi connectivity index (χ4v) is 2.01. The summed E-state index contributed by atoms with van der Waals surface area (Å²) in [5.41, 5.74) is 2.81. The van der Waals surface area contributed by atoms with Gasteiger partial charge in [0, 0.05) is 12.5 Å². The maximum atomic E-state index is 4.47. The Bertz CT molecular complexity index is 369. The average molecular weight is 202 g/mol. The van der Waals surface area contributed by atoms with Gasteiger partial charge in [0.1, 0.15) is 0 Å². The Morgan fingerprint density at radius 1 is 1.40 bits per heavy atom. The molecule has 1 atom stereocenters. The summed E-state index contributed by atoms with van der Waals surface area (Å²) in [6.07, 6.45) is 1.08. The molecule has 2 nitrogen and oxygen atoms in total. The molecule has 0 aromatic heterocycles. The van der Waals surface area contributed by atoms with Crippen molar-refractivity contribution >= 4 is 5.84 Å². The minimum atomic E-state index is 0.508. The number of hydrogen-bond acceptors (Lipinski definition) is 2. The van der Waals surface area contributed by atoms with Crippen LogP contribution < -0.4 is 5.32 Å². The highest BCUT2D eigenvalue weighted by molar-refractivity contribution is 5.85. The van der Waals surface area contributed by atoms with Gasteiger partial charge < -0.3 is 5.32 Å². The van der Waals surface area contributed by atoms with E-state index in [9.17, 15) is 0 Å². The highest BCUT2D eigenvalue weighted by Gasteiger charge is 2.14. The molecule has 80 valence electrons. The van der Waals surface area contributed by atoms with E-state index in [0.29, 0.717) is 5.92 Å². The molecule has 1 heterocycles. The van der Waals surface area contributed by atoms with Crippen molar-refractivity contribution in [2.45, 2.75) is 20.3 Å². The van der Waals surface area contributed by atoms with Gasteiger partial charge in [-0.1, -0.05) is 31.2 Å². The zero-order valence-corrected chi connectivity index (χ0v) is 9.46. The number of hydrogen-bond donors (Lipinski definition) is 1. The van der Waals surface area contributed by atoms with Crippen molar-refractivity contribution in [3.8, 4) is 0 Å². The Kier molecular flexibility index (Phi) is 3.05. The second-order valence-electron chi connectivity index (χ2n) is 4.23. The standard InChI is InChI=1S/C13H18N2/c1-10-5-3-4-6-12(10)9-11(2)13-14-7-8-15-13/h3-6,11H,7-9H2,1-2H3,(H,14,15)/t11-/m1/s1. The summed E-state index contributed by atoms with van der Waals surface area (Å²) in [7, 11) is 0. The summed E-state index contributed by atoms with van der Waals surface area (Å²) in [6.45, 7) is 6.36. The van der Waals surface area contributed by atoms with Gasteiger partial charge in [-0.05, 0) is 24.5 Å². The van der Waals surface area contributed by atoms with Crippen LogP contribution in [0.3, 0.4) is 0 Å². The molecule has 0 fully saturated rings. The van der Waals surface area contributed by atoms with Crippen LogP contribution in [0, 0.1) is 12.8 Å². The summed E-state index contributed by atoms with van der Waals surface area (Å²) in [5, 5.41) is 3.35. The summed E-state index contributed by atoms with van der Waals surface area (Å²) in [6, 6.07) is 8.58. The highest BCUT2D eigenvalue weighted by Crippen LogP contribution is 2.14. The quantitative estimate of drug-likeness (QED) is 0.798. The maximum absolute atomic E-state index is 4.47. The van der Waals surface area contributed by atoms with Gasteiger partial charge in [-0.3, -0.25) is 4.99 Å². The van der Waals surface area contributed by atoms with E-state index in [-0.39, 0.29) is 0 Å². The molecule has 0 spiro atoms. The van der Waals surface area contributed by atoms with E-state index >= 15 is 0 Å². The lowest BCUT2D eigenvalue weighted by Crippen LogP contribution is -2.26. The Morgan fingerprint density at radius 2 is 2.20 bits per heavy atom. The number of benzene rings is 1. The molecule has 15 heavy (non-hydrogen) atoms. The molecule has 0 aliphatic carbocycles. The van der Waals surface area contributed by atoms with Gasteiger partial charge in [-0.2, -0.15) is 0 Å². The molecule has 0 saturated heterocycles. The lowest BCUT2D eigenvalue weighted by atomic mass is 9.97. The van der Waals surface area contributed by atoms with Gasteiger partial charge in [0.25, 0.3) is 0 Å². The molecule has 1 aromatic rings. The van der Waals surface area contributed by atoms with Gasteiger partial charge in [0.15, 0.2) is 0 Å². The molecule has 1 aromatic carbocycles. The third kappa shape index (κ3) is 2.38. The molecule has 2 rings (SSSR count). The predicted octanol–water partition coefficient (Wildman–Crippen LogP) is 2.18. The van der Waals surface area contributed by atoms with Crippen molar-refractivity contribution in [1.29, 1.82) is 0 Å². The van der Waals surface area contributed by atoms with E-state index in [1.165, 1.54) is 17.0 Å². The number of rotatable bonds is 3. The zero-order valence-electron chi connectivity index (χ0n) is 9.46. The van der Waals surface area contributed by atoms with Crippen molar-refractivity contribution in [3.63, 3.8) is 0 Å². The van der Waals surface area contributed by atoms with Crippen LogP contribution >= 0.6 is 0 Å². The maximum Gasteiger partial charge on any atom is 0.0996 e. The van der Waals surface area contributed by atoms with Gasteiger partial charge in [0.05, 0.1) is 12.4 Å². The van der Waals surface area contributed by atoms with Gasteiger partial charge in [0.2, 0.25) is 0 Å². The Hall–Kier alpha value is -1.31. The Balaban J connectivity index is 2.05. The van der Waals surface area contributed by atoms with Crippen molar-refractivity contribution in [2.75, 3.05) is 13.1 Å². The van der Waals surface area contributed by atoms with Crippen LogP contribution in [-0.2, 0) is 6.42 Å². The SMILES string of the molecule is Cc1ccccc1C[C@@H](C)C1=NCCN1. The number of nitrogens with one attached hydrogen (secondary N) is 1. The van der Waals surface area contributed by atoms with Crippen molar-refractivity contribution in [2.24, 2.45) is 10.9 Å². The summed E-state index contributed by atoms with van der Waals surface area (Å²) >= 11 is 0. The third-order valence-corrected chi connectivity index (χ3v) is 2.95. The number of nitrogens with zero attached hydrogens (tertiary/aromatic N) is 1. The van der Waals surface area contributed by atoms with Crippen LogP contribution in [0.4, 0.5) is 0 Å². The van der Waals surface area contributed by atoms with E-state index in [1.54, 1.807) is 0 Å². The average Bonchev–Trinajstić information content (AvgIpc) is 2.74. The topological polar surface area (TPSA) is 24.4 Å². The second-order valence-corrected chi connectivity index (χ2v) is 4.23. The van der Waals surface area contributed by atoms with Gasteiger partial charge in [-0.15, -0.1) is 0 Å². The Morgan fingerprint density at radius 3 is 2.87 bits per heavy atom. The Labute approximate surface area is 91.4 Å². The number of amidine groups is 1. The van der Waals surface area contributed by atoms with E-state index in [2.05, 4.69) is 48.4 Å². The molecular formula is C13H18N2. The first kappa shape index (κ1) is 10.2. The number of aliphatic imine (C=N–C) groups is 1. The van der Waals surface area contributed by atoms with E-state index in [0.717, 1.165) is 19.5 Å². The monoisotopic (exact) mass is 202 g/mol.